The Morgan fingerprint density at radius 1 is 1.39 bits per heavy atom. The fourth-order valence-corrected chi connectivity index (χ4v) is 2.80. The van der Waals surface area contributed by atoms with Crippen LogP contribution in [0.5, 0.6) is 0 Å². The second kappa shape index (κ2) is 7.25. The van der Waals surface area contributed by atoms with Crippen molar-refractivity contribution in [2.45, 2.75) is 13.5 Å². The van der Waals surface area contributed by atoms with Crippen LogP contribution in [0.3, 0.4) is 0 Å². The molecule has 0 bridgehead atoms. The summed E-state index contributed by atoms with van der Waals surface area (Å²) in [7, 11) is 0. The Kier molecular flexibility index (Phi) is 5.09. The number of H-pyrrole nitrogens is 1. The monoisotopic (exact) mass is 378 g/mol. The number of halogens is 1. The van der Waals surface area contributed by atoms with Gasteiger partial charge in [0.2, 0.25) is 0 Å². The zero-order valence-electron chi connectivity index (χ0n) is 12.9. The number of aromatic nitrogens is 2. The first-order valence-electron chi connectivity index (χ1n) is 7.53. The van der Waals surface area contributed by atoms with E-state index in [-0.39, 0.29) is 5.56 Å². The first kappa shape index (κ1) is 16.2. The van der Waals surface area contributed by atoms with Crippen LogP contribution in [0.25, 0.3) is 0 Å². The minimum absolute atomic E-state index is 0.162. The normalized spacial score (nSPS) is 15.6. The summed E-state index contributed by atoms with van der Waals surface area (Å²) < 4.78 is 6.20. The minimum Gasteiger partial charge on any atom is -0.379 e. The highest BCUT2D eigenvalue weighted by Crippen LogP contribution is 2.21. The third-order valence-corrected chi connectivity index (χ3v) is 4.70. The summed E-state index contributed by atoms with van der Waals surface area (Å²) >= 11 is 3.41. The number of nitrogens with one attached hydrogen (secondary N) is 2. The zero-order chi connectivity index (χ0) is 16.2. The number of morpholine rings is 1. The van der Waals surface area contributed by atoms with E-state index in [1.807, 2.05) is 25.3 Å². The van der Waals surface area contributed by atoms with Gasteiger partial charge in [0.15, 0.2) is 0 Å². The van der Waals surface area contributed by atoms with Gasteiger partial charge in [0, 0.05) is 36.5 Å². The van der Waals surface area contributed by atoms with Gasteiger partial charge in [-0.15, -0.1) is 0 Å². The maximum Gasteiger partial charge on any atom is 0.272 e. The van der Waals surface area contributed by atoms with Gasteiger partial charge in [0.05, 0.1) is 13.2 Å². The van der Waals surface area contributed by atoms with E-state index in [2.05, 4.69) is 36.1 Å². The molecule has 0 saturated carbocycles. The van der Waals surface area contributed by atoms with Gasteiger partial charge in [-0.05, 0) is 40.0 Å². The van der Waals surface area contributed by atoms with Crippen molar-refractivity contribution in [3.8, 4) is 0 Å². The number of nitrogens with zero attached hydrogens (tertiary/aromatic N) is 2. The van der Waals surface area contributed by atoms with Crippen LogP contribution in [0.4, 0.5) is 11.5 Å². The van der Waals surface area contributed by atoms with Crippen molar-refractivity contribution in [2.75, 3.05) is 31.6 Å². The molecule has 0 atom stereocenters. The lowest BCUT2D eigenvalue weighted by atomic mass is 10.2. The fourth-order valence-electron chi connectivity index (χ4n) is 2.49. The smallest absolute Gasteiger partial charge is 0.272 e. The molecule has 2 aromatic rings. The molecule has 3 heterocycles. The van der Waals surface area contributed by atoms with E-state index in [1.54, 1.807) is 6.20 Å². The van der Waals surface area contributed by atoms with E-state index >= 15 is 0 Å². The maximum atomic E-state index is 11.9. The summed E-state index contributed by atoms with van der Waals surface area (Å²) in [5.41, 5.74) is 2.35. The van der Waals surface area contributed by atoms with E-state index in [1.165, 1.54) is 0 Å². The Hall–Kier alpha value is -1.70. The van der Waals surface area contributed by atoms with E-state index in [4.69, 9.17) is 4.74 Å². The minimum atomic E-state index is -0.162. The van der Waals surface area contributed by atoms with Crippen molar-refractivity contribution in [1.82, 2.24) is 14.9 Å². The molecule has 1 saturated heterocycles. The van der Waals surface area contributed by atoms with E-state index in [0.29, 0.717) is 11.5 Å². The van der Waals surface area contributed by atoms with Crippen LogP contribution >= 0.6 is 15.9 Å². The Morgan fingerprint density at radius 3 is 2.87 bits per heavy atom. The van der Waals surface area contributed by atoms with Gasteiger partial charge in [-0.3, -0.25) is 9.69 Å². The van der Waals surface area contributed by atoms with Crippen LogP contribution in [0.2, 0.25) is 0 Å². The van der Waals surface area contributed by atoms with Crippen molar-refractivity contribution in [1.29, 1.82) is 0 Å². The molecular weight excluding hydrogens is 360 g/mol. The topological polar surface area (TPSA) is 70.2 Å². The van der Waals surface area contributed by atoms with Crippen LogP contribution in [0.1, 0.15) is 11.1 Å². The second-order valence-corrected chi connectivity index (χ2v) is 6.39. The van der Waals surface area contributed by atoms with Crippen LogP contribution < -0.4 is 10.9 Å². The van der Waals surface area contributed by atoms with Gasteiger partial charge in [0.25, 0.3) is 5.56 Å². The molecule has 122 valence electrons. The number of aromatic amines is 1. The quantitative estimate of drug-likeness (QED) is 0.854. The standard InChI is InChI=1S/C16H19BrN4O2/c1-11-13(17)9-19-16(22)15(11)20-14-3-2-12(8-18-14)10-21-4-6-23-7-5-21/h2-3,8-9H,4-7,10H2,1H3,(H,18,20)(H,19,22). The SMILES string of the molecule is Cc1c(Br)c[nH]c(=O)c1Nc1ccc(CN2CCOCC2)cn1. The van der Waals surface area contributed by atoms with Crippen LogP contribution in [0, 0.1) is 6.92 Å². The third-order valence-electron chi connectivity index (χ3n) is 3.88. The van der Waals surface area contributed by atoms with Gasteiger partial charge in [-0.25, -0.2) is 4.98 Å². The molecule has 1 aliphatic rings. The number of rotatable bonds is 4. The molecule has 0 aliphatic carbocycles. The summed E-state index contributed by atoms with van der Waals surface area (Å²) in [6, 6.07) is 3.93. The fraction of sp³-hybridized carbons (Fsp3) is 0.375. The van der Waals surface area contributed by atoms with Gasteiger partial charge in [-0.1, -0.05) is 6.07 Å². The van der Waals surface area contributed by atoms with E-state index in [9.17, 15) is 4.79 Å². The molecule has 0 spiro atoms. The first-order chi connectivity index (χ1) is 11.1. The van der Waals surface area contributed by atoms with Crippen LogP contribution in [-0.4, -0.2) is 41.2 Å². The average molecular weight is 379 g/mol. The van der Waals surface area contributed by atoms with Gasteiger partial charge in [-0.2, -0.15) is 0 Å². The molecular formula is C16H19BrN4O2. The lowest BCUT2D eigenvalue weighted by molar-refractivity contribution is 0.0341. The summed E-state index contributed by atoms with van der Waals surface area (Å²) in [4.78, 5) is 21.4. The molecule has 7 heteroatoms. The van der Waals surface area contributed by atoms with Crippen molar-refractivity contribution >= 4 is 27.4 Å². The molecule has 0 amide bonds. The number of anilines is 2. The molecule has 1 fully saturated rings. The lowest BCUT2D eigenvalue weighted by Gasteiger charge is -2.26. The Labute approximate surface area is 143 Å². The largest absolute Gasteiger partial charge is 0.379 e. The lowest BCUT2D eigenvalue weighted by Crippen LogP contribution is -2.35. The number of pyridine rings is 2. The molecule has 6 nitrogen and oxygen atoms in total. The van der Waals surface area contributed by atoms with Crippen molar-refractivity contribution < 1.29 is 4.74 Å². The second-order valence-electron chi connectivity index (χ2n) is 5.53. The molecule has 23 heavy (non-hydrogen) atoms. The maximum absolute atomic E-state index is 11.9. The highest BCUT2D eigenvalue weighted by Gasteiger charge is 2.11. The Morgan fingerprint density at radius 2 is 2.17 bits per heavy atom. The number of hydrogen-bond acceptors (Lipinski definition) is 5. The number of ether oxygens (including phenoxy) is 1. The summed E-state index contributed by atoms with van der Waals surface area (Å²) in [6.07, 6.45) is 3.49. The molecule has 0 aromatic carbocycles. The Balaban J connectivity index is 1.70. The van der Waals surface area contributed by atoms with Crippen LogP contribution in [-0.2, 0) is 11.3 Å². The van der Waals surface area contributed by atoms with Gasteiger partial charge >= 0.3 is 0 Å². The number of hydrogen-bond donors (Lipinski definition) is 2. The third kappa shape index (κ3) is 3.99. The van der Waals surface area contributed by atoms with Crippen molar-refractivity contribution in [3.05, 3.63) is 50.5 Å². The van der Waals surface area contributed by atoms with Crippen LogP contribution in [0.15, 0.2) is 33.8 Å². The zero-order valence-corrected chi connectivity index (χ0v) is 14.5. The highest BCUT2D eigenvalue weighted by molar-refractivity contribution is 9.10. The molecule has 2 aromatic heterocycles. The molecule has 1 aliphatic heterocycles. The molecule has 0 radical (unpaired) electrons. The average Bonchev–Trinajstić information content (AvgIpc) is 2.58. The summed E-state index contributed by atoms with van der Waals surface area (Å²) in [6.45, 7) is 6.23. The summed E-state index contributed by atoms with van der Waals surface area (Å²) in [5, 5.41) is 3.09. The molecule has 2 N–H and O–H groups in total. The predicted molar refractivity (Wildman–Crippen MR) is 93.1 cm³/mol. The van der Waals surface area contributed by atoms with Gasteiger partial charge in [0.1, 0.15) is 11.5 Å². The molecule has 3 rings (SSSR count). The van der Waals surface area contributed by atoms with Crippen molar-refractivity contribution in [2.24, 2.45) is 0 Å². The van der Waals surface area contributed by atoms with E-state index < -0.39 is 0 Å². The summed E-state index contributed by atoms with van der Waals surface area (Å²) in [5.74, 6) is 0.655. The Bertz CT molecular complexity index is 724. The van der Waals surface area contributed by atoms with E-state index in [0.717, 1.165) is 48.4 Å². The van der Waals surface area contributed by atoms with Gasteiger partial charge < -0.3 is 15.0 Å². The predicted octanol–water partition coefficient (Wildman–Crippen LogP) is 2.42. The molecule has 0 unspecified atom stereocenters. The highest BCUT2D eigenvalue weighted by atomic mass is 79.9. The first-order valence-corrected chi connectivity index (χ1v) is 8.32. The van der Waals surface area contributed by atoms with Crippen molar-refractivity contribution in [3.63, 3.8) is 0 Å².